The quantitative estimate of drug-likeness (QED) is 0.604. The number of carbonyl (C=O) groups is 3. The average molecular weight is 418 g/mol. The first-order valence-electron chi connectivity index (χ1n) is 9.00. The predicted octanol–water partition coefficient (Wildman–Crippen LogP) is 1.99. The largest absolute Gasteiger partial charge is 0.493 e. The number of ether oxygens (including phenoxy) is 3. The molecule has 0 spiro atoms. The molecule has 0 bridgehead atoms. The fourth-order valence-electron chi connectivity index (χ4n) is 2.72. The van der Waals surface area contributed by atoms with Crippen molar-refractivity contribution in [2.75, 3.05) is 27.9 Å². The van der Waals surface area contributed by atoms with Gasteiger partial charge in [0.05, 0.1) is 45.9 Å². The van der Waals surface area contributed by atoms with E-state index in [0.29, 0.717) is 17.1 Å². The Labute approximate surface area is 173 Å². The molecule has 0 heterocycles. The van der Waals surface area contributed by atoms with E-state index >= 15 is 0 Å². The highest BCUT2D eigenvalue weighted by Crippen LogP contribution is 2.31. The Hall–Kier alpha value is -3.62. The molecule has 2 N–H and O–H groups in total. The van der Waals surface area contributed by atoms with Crippen LogP contribution in [-0.2, 0) is 14.3 Å². The van der Waals surface area contributed by atoms with Crippen molar-refractivity contribution in [2.24, 2.45) is 0 Å². The Morgan fingerprint density at radius 1 is 1.00 bits per heavy atom. The molecule has 160 valence electrons. The molecule has 2 aromatic rings. The van der Waals surface area contributed by atoms with Crippen LogP contribution in [0, 0.1) is 5.82 Å². The maximum Gasteiger partial charge on any atom is 0.307 e. The third kappa shape index (κ3) is 5.94. The summed E-state index contributed by atoms with van der Waals surface area (Å²) >= 11 is 0. The lowest BCUT2D eigenvalue weighted by Gasteiger charge is -2.20. The van der Waals surface area contributed by atoms with E-state index in [1.807, 2.05) is 0 Å². The summed E-state index contributed by atoms with van der Waals surface area (Å²) in [6.07, 6.45) is -0.140. The Kier molecular flexibility index (Phi) is 8.16. The zero-order chi connectivity index (χ0) is 22.1. The summed E-state index contributed by atoms with van der Waals surface area (Å²) in [6.45, 7) is -0.405. The van der Waals surface area contributed by atoms with Crippen LogP contribution in [0.1, 0.15) is 28.4 Å². The van der Waals surface area contributed by atoms with Crippen molar-refractivity contribution >= 4 is 17.8 Å². The fourth-order valence-corrected chi connectivity index (χ4v) is 2.72. The highest BCUT2D eigenvalue weighted by Gasteiger charge is 2.21. The molecule has 0 aliphatic heterocycles. The van der Waals surface area contributed by atoms with Crippen molar-refractivity contribution in [1.29, 1.82) is 0 Å². The number of esters is 1. The third-order valence-corrected chi connectivity index (χ3v) is 4.27. The molecule has 2 amide bonds. The van der Waals surface area contributed by atoms with Crippen molar-refractivity contribution in [2.45, 2.75) is 12.5 Å². The fraction of sp³-hybridized carbons (Fsp3) is 0.286. The van der Waals surface area contributed by atoms with Crippen LogP contribution in [0.25, 0.3) is 0 Å². The third-order valence-electron chi connectivity index (χ3n) is 4.27. The molecule has 0 aromatic heterocycles. The Bertz CT molecular complexity index is 918. The highest BCUT2D eigenvalue weighted by atomic mass is 19.1. The van der Waals surface area contributed by atoms with Gasteiger partial charge in [0.1, 0.15) is 5.82 Å². The van der Waals surface area contributed by atoms with Gasteiger partial charge in [0, 0.05) is 0 Å². The molecule has 8 nitrogen and oxygen atoms in total. The van der Waals surface area contributed by atoms with Crippen molar-refractivity contribution in [3.8, 4) is 11.5 Å². The van der Waals surface area contributed by atoms with E-state index in [1.54, 1.807) is 18.2 Å². The first-order chi connectivity index (χ1) is 14.4. The van der Waals surface area contributed by atoms with Crippen LogP contribution in [0.3, 0.4) is 0 Å². The normalized spacial score (nSPS) is 11.2. The first kappa shape index (κ1) is 22.7. The van der Waals surface area contributed by atoms with Crippen molar-refractivity contribution < 1.29 is 33.0 Å². The first-order valence-corrected chi connectivity index (χ1v) is 9.00. The molecule has 2 rings (SSSR count). The van der Waals surface area contributed by atoms with E-state index in [2.05, 4.69) is 10.6 Å². The van der Waals surface area contributed by atoms with Gasteiger partial charge in [0.2, 0.25) is 5.91 Å². The van der Waals surface area contributed by atoms with E-state index in [1.165, 1.54) is 39.5 Å². The molecule has 0 radical (unpaired) electrons. The molecule has 9 heteroatoms. The zero-order valence-electron chi connectivity index (χ0n) is 16.9. The van der Waals surface area contributed by atoms with Crippen molar-refractivity contribution in [3.63, 3.8) is 0 Å². The van der Waals surface area contributed by atoms with Gasteiger partial charge in [-0.1, -0.05) is 18.2 Å². The van der Waals surface area contributed by atoms with Gasteiger partial charge in [-0.3, -0.25) is 14.4 Å². The zero-order valence-corrected chi connectivity index (χ0v) is 16.9. The molecular weight excluding hydrogens is 395 g/mol. The minimum atomic E-state index is -0.741. The topological polar surface area (TPSA) is 103 Å². The Balaban J connectivity index is 2.10. The number of hydrogen-bond acceptors (Lipinski definition) is 6. The number of hydrogen-bond donors (Lipinski definition) is 2. The summed E-state index contributed by atoms with van der Waals surface area (Å²) in [6, 6.07) is 9.64. The summed E-state index contributed by atoms with van der Waals surface area (Å²) in [5, 5.41) is 5.02. The summed E-state index contributed by atoms with van der Waals surface area (Å²) in [4.78, 5) is 36.2. The molecular formula is C21H23FN2O6. The van der Waals surface area contributed by atoms with Crippen molar-refractivity contribution in [1.82, 2.24) is 10.6 Å². The smallest absolute Gasteiger partial charge is 0.307 e. The van der Waals surface area contributed by atoms with Crippen LogP contribution in [0.4, 0.5) is 4.39 Å². The molecule has 0 saturated heterocycles. The van der Waals surface area contributed by atoms with Crippen LogP contribution < -0.4 is 20.1 Å². The molecule has 0 aliphatic rings. The SMILES string of the molecule is COC(=O)CC(NC(=O)CNC(=O)c1ccccc1F)c1ccc(OC)c(OC)c1. The highest BCUT2D eigenvalue weighted by molar-refractivity contribution is 5.96. The second kappa shape index (κ2) is 10.8. The predicted molar refractivity (Wildman–Crippen MR) is 106 cm³/mol. The number of benzene rings is 2. The van der Waals surface area contributed by atoms with Crippen molar-refractivity contribution in [3.05, 3.63) is 59.4 Å². The molecule has 2 aromatic carbocycles. The molecule has 0 saturated carbocycles. The van der Waals surface area contributed by atoms with Gasteiger partial charge in [-0.05, 0) is 29.8 Å². The number of methoxy groups -OCH3 is 3. The van der Waals surface area contributed by atoms with Gasteiger partial charge in [0.25, 0.3) is 5.91 Å². The van der Waals surface area contributed by atoms with Crippen LogP contribution in [0.5, 0.6) is 11.5 Å². The van der Waals surface area contributed by atoms with Gasteiger partial charge in [-0.15, -0.1) is 0 Å². The second-order valence-corrected chi connectivity index (χ2v) is 6.18. The molecule has 0 fully saturated rings. The number of rotatable bonds is 9. The van der Waals surface area contributed by atoms with Crippen LogP contribution in [0.2, 0.25) is 0 Å². The van der Waals surface area contributed by atoms with E-state index in [-0.39, 0.29) is 12.0 Å². The molecule has 1 unspecified atom stereocenters. The standard InChI is InChI=1S/C21H23FN2O6/c1-28-17-9-8-13(10-18(17)29-2)16(11-20(26)30-3)24-19(25)12-23-21(27)14-6-4-5-7-15(14)22/h4-10,16H,11-12H2,1-3H3,(H,23,27)(H,24,25). The Morgan fingerprint density at radius 3 is 2.33 bits per heavy atom. The lowest BCUT2D eigenvalue weighted by atomic mass is 10.0. The molecule has 1 atom stereocenters. The van der Waals surface area contributed by atoms with E-state index in [4.69, 9.17) is 14.2 Å². The molecule has 30 heavy (non-hydrogen) atoms. The second-order valence-electron chi connectivity index (χ2n) is 6.18. The lowest BCUT2D eigenvalue weighted by molar-refractivity contribution is -0.141. The summed E-state index contributed by atoms with van der Waals surface area (Å²) < 4.78 is 28.8. The minimum Gasteiger partial charge on any atom is -0.493 e. The summed E-state index contributed by atoms with van der Waals surface area (Å²) in [5.41, 5.74) is 0.406. The lowest BCUT2D eigenvalue weighted by Crippen LogP contribution is -2.39. The average Bonchev–Trinajstić information content (AvgIpc) is 2.76. The van der Waals surface area contributed by atoms with Crippen LogP contribution >= 0.6 is 0 Å². The van der Waals surface area contributed by atoms with Gasteiger partial charge < -0.3 is 24.8 Å². The van der Waals surface area contributed by atoms with Crippen LogP contribution in [-0.4, -0.2) is 45.7 Å². The minimum absolute atomic E-state index is 0.140. The van der Waals surface area contributed by atoms with Gasteiger partial charge in [-0.25, -0.2) is 4.39 Å². The number of halogens is 1. The summed E-state index contributed by atoms with van der Waals surface area (Å²) in [5.74, 6) is -1.61. The Morgan fingerprint density at radius 2 is 1.70 bits per heavy atom. The van der Waals surface area contributed by atoms with Crippen LogP contribution in [0.15, 0.2) is 42.5 Å². The molecule has 0 aliphatic carbocycles. The maximum absolute atomic E-state index is 13.7. The monoisotopic (exact) mass is 418 g/mol. The summed E-state index contributed by atoms with van der Waals surface area (Å²) in [7, 11) is 4.20. The number of nitrogens with one attached hydrogen (secondary N) is 2. The maximum atomic E-state index is 13.7. The van der Waals surface area contributed by atoms with E-state index in [9.17, 15) is 18.8 Å². The van der Waals surface area contributed by atoms with Gasteiger partial charge in [-0.2, -0.15) is 0 Å². The number of amides is 2. The van der Waals surface area contributed by atoms with Gasteiger partial charge in [0.15, 0.2) is 11.5 Å². The van der Waals surface area contributed by atoms with E-state index in [0.717, 1.165) is 6.07 Å². The van der Waals surface area contributed by atoms with Gasteiger partial charge >= 0.3 is 5.97 Å². The number of carbonyl (C=O) groups excluding carboxylic acids is 3. The van der Waals surface area contributed by atoms with E-state index < -0.39 is 36.2 Å².